The number of benzene rings is 3. The summed E-state index contributed by atoms with van der Waals surface area (Å²) in [4.78, 5) is 63.6. The fourth-order valence-electron chi connectivity index (χ4n) is 4.41. The Labute approximate surface area is 200 Å². The van der Waals surface area contributed by atoms with E-state index in [9.17, 15) is 24.0 Å². The van der Waals surface area contributed by atoms with E-state index in [2.05, 4.69) is 10.6 Å². The van der Waals surface area contributed by atoms with Gasteiger partial charge in [-0.1, -0.05) is 42.5 Å². The number of nitrogens with one attached hydrogen (secondary N) is 2. The van der Waals surface area contributed by atoms with Crippen molar-refractivity contribution in [1.29, 1.82) is 0 Å². The fraction of sp³-hybridized carbons (Fsp3) is 0.148. The molecule has 2 aliphatic rings. The van der Waals surface area contributed by atoms with Crippen molar-refractivity contribution in [2.75, 3.05) is 5.32 Å². The highest BCUT2D eigenvalue weighted by Crippen LogP contribution is 2.29. The third-order valence-electron chi connectivity index (χ3n) is 6.20. The molecule has 2 aliphatic heterocycles. The lowest BCUT2D eigenvalue weighted by Gasteiger charge is -2.29. The van der Waals surface area contributed by atoms with Crippen LogP contribution in [0.4, 0.5) is 5.69 Å². The molecule has 0 saturated carbocycles. The Hall–Kier alpha value is -4.59. The second-order valence-electron chi connectivity index (χ2n) is 8.50. The molecule has 0 spiro atoms. The summed E-state index contributed by atoms with van der Waals surface area (Å²) in [5.41, 5.74) is 2.91. The van der Waals surface area contributed by atoms with Gasteiger partial charge in [-0.15, -0.1) is 0 Å². The number of nitrogens with zero attached hydrogens (tertiary/aromatic N) is 1. The van der Waals surface area contributed by atoms with E-state index < -0.39 is 11.9 Å². The number of hydrogen-bond acceptors (Lipinski definition) is 5. The van der Waals surface area contributed by atoms with E-state index in [1.54, 1.807) is 66.7 Å². The predicted octanol–water partition coefficient (Wildman–Crippen LogP) is 2.93. The van der Waals surface area contributed by atoms with E-state index in [4.69, 9.17) is 0 Å². The number of carbonyl (C=O) groups is 5. The zero-order valence-electron chi connectivity index (χ0n) is 18.6. The average Bonchev–Trinajstić information content (AvgIpc) is 3.19. The van der Waals surface area contributed by atoms with Crippen molar-refractivity contribution in [1.82, 2.24) is 10.2 Å². The maximum Gasteiger partial charge on any atom is 0.255 e. The van der Waals surface area contributed by atoms with Crippen molar-refractivity contribution >= 4 is 35.1 Å². The minimum Gasteiger partial charge on any atom is -0.322 e. The van der Waals surface area contributed by atoms with E-state index in [1.807, 2.05) is 6.07 Å². The first kappa shape index (κ1) is 22.2. The molecule has 3 aromatic carbocycles. The number of amides is 4. The molecule has 0 aliphatic carbocycles. The quantitative estimate of drug-likeness (QED) is 0.443. The molecule has 1 atom stereocenters. The van der Waals surface area contributed by atoms with Crippen molar-refractivity contribution in [2.45, 2.75) is 25.4 Å². The fourth-order valence-corrected chi connectivity index (χ4v) is 4.41. The minimum atomic E-state index is -0.699. The minimum absolute atomic E-state index is 0.176. The van der Waals surface area contributed by atoms with Gasteiger partial charge in [-0.25, -0.2) is 0 Å². The van der Waals surface area contributed by atoms with E-state index in [1.165, 1.54) is 4.90 Å². The van der Waals surface area contributed by atoms with Crippen LogP contribution in [0.2, 0.25) is 0 Å². The van der Waals surface area contributed by atoms with Crippen LogP contribution < -0.4 is 10.6 Å². The van der Waals surface area contributed by atoms with Crippen molar-refractivity contribution in [3.05, 3.63) is 101 Å². The molecule has 0 radical (unpaired) electrons. The first-order chi connectivity index (χ1) is 16.9. The molecule has 2 heterocycles. The first-order valence-corrected chi connectivity index (χ1v) is 11.2. The summed E-state index contributed by atoms with van der Waals surface area (Å²) in [5.74, 6) is -1.65. The van der Waals surface area contributed by atoms with Crippen LogP contribution in [-0.2, 0) is 16.1 Å². The smallest absolute Gasteiger partial charge is 0.255 e. The Morgan fingerprint density at radius 1 is 0.857 bits per heavy atom. The van der Waals surface area contributed by atoms with Gasteiger partial charge in [0.25, 0.3) is 11.8 Å². The summed E-state index contributed by atoms with van der Waals surface area (Å²) in [6, 6.07) is 19.6. The Kier molecular flexibility index (Phi) is 5.70. The van der Waals surface area contributed by atoms with Crippen LogP contribution in [0.3, 0.4) is 0 Å². The van der Waals surface area contributed by atoms with Gasteiger partial charge in [0.05, 0.1) is 0 Å². The van der Waals surface area contributed by atoms with Gasteiger partial charge in [-0.05, 0) is 42.3 Å². The molecule has 0 aromatic heterocycles. The molecule has 174 valence electrons. The Morgan fingerprint density at radius 3 is 2.37 bits per heavy atom. The summed E-state index contributed by atoms with van der Waals surface area (Å²) in [6.45, 7) is 0.214. The predicted molar refractivity (Wildman–Crippen MR) is 127 cm³/mol. The highest BCUT2D eigenvalue weighted by Gasteiger charge is 2.39. The third-order valence-corrected chi connectivity index (χ3v) is 6.20. The molecule has 8 nitrogen and oxygen atoms in total. The molecular weight excluding hydrogens is 446 g/mol. The van der Waals surface area contributed by atoms with Crippen LogP contribution >= 0.6 is 0 Å². The lowest BCUT2D eigenvalue weighted by Crippen LogP contribution is -2.52. The second-order valence-corrected chi connectivity index (χ2v) is 8.50. The summed E-state index contributed by atoms with van der Waals surface area (Å²) in [5, 5.41) is 5.09. The van der Waals surface area contributed by atoms with Gasteiger partial charge in [-0.3, -0.25) is 29.3 Å². The Balaban J connectivity index is 1.31. The highest BCUT2D eigenvalue weighted by molar-refractivity contribution is 6.11. The SMILES string of the molecule is O=C1CCC(N2Cc3cc(NC(=O)c4cccc(C(=O)c5ccccc5)c4)ccc3C2=O)C(=O)N1. The normalized spacial score (nSPS) is 17.1. The molecule has 1 saturated heterocycles. The maximum atomic E-state index is 12.9. The van der Waals surface area contributed by atoms with Crippen LogP contribution in [0.25, 0.3) is 0 Å². The van der Waals surface area contributed by atoms with Crippen LogP contribution in [0.15, 0.2) is 72.8 Å². The molecule has 5 rings (SSSR count). The Bertz CT molecular complexity index is 1380. The molecule has 0 bridgehead atoms. The lowest BCUT2D eigenvalue weighted by atomic mass is 10.0. The number of rotatable bonds is 5. The number of hydrogen-bond donors (Lipinski definition) is 2. The van der Waals surface area contributed by atoms with E-state index in [-0.39, 0.29) is 42.9 Å². The van der Waals surface area contributed by atoms with Gasteiger partial charge in [0.2, 0.25) is 11.8 Å². The molecule has 2 N–H and O–H groups in total. The van der Waals surface area contributed by atoms with Crippen molar-refractivity contribution < 1.29 is 24.0 Å². The number of carbonyl (C=O) groups excluding carboxylic acids is 5. The van der Waals surface area contributed by atoms with E-state index >= 15 is 0 Å². The molecule has 4 amide bonds. The highest BCUT2D eigenvalue weighted by atomic mass is 16.2. The van der Waals surface area contributed by atoms with Crippen molar-refractivity contribution in [3.8, 4) is 0 Å². The average molecular weight is 467 g/mol. The standard InChI is InChI=1S/C27H21N3O5/c31-23-12-11-22(26(34)29-23)30-15-19-14-20(9-10-21(19)27(30)35)28-25(33)18-8-4-7-17(13-18)24(32)16-5-2-1-3-6-16/h1-10,13-14,22H,11-12,15H2,(H,28,33)(H,29,31,34). The van der Waals surface area contributed by atoms with Crippen molar-refractivity contribution in [2.24, 2.45) is 0 Å². The Morgan fingerprint density at radius 2 is 1.60 bits per heavy atom. The van der Waals surface area contributed by atoms with Gasteiger partial charge >= 0.3 is 0 Å². The van der Waals surface area contributed by atoms with E-state index in [0.717, 1.165) is 0 Å². The van der Waals surface area contributed by atoms with Crippen LogP contribution in [0, 0.1) is 0 Å². The zero-order valence-corrected chi connectivity index (χ0v) is 18.6. The summed E-state index contributed by atoms with van der Waals surface area (Å²) < 4.78 is 0. The van der Waals surface area contributed by atoms with Gasteiger partial charge in [0.15, 0.2) is 5.78 Å². The number of anilines is 1. The zero-order chi connectivity index (χ0) is 24.5. The largest absolute Gasteiger partial charge is 0.322 e. The number of imide groups is 1. The molecule has 1 unspecified atom stereocenters. The summed E-state index contributed by atoms with van der Waals surface area (Å²) in [7, 11) is 0. The van der Waals surface area contributed by atoms with Crippen LogP contribution in [-0.4, -0.2) is 40.4 Å². The van der Waals surface area contributed by atoms with Gasteiger partial charge in [0.1, 0.15) is 6.04 Å². The molecular formula is C27H21N3O5. The first-order valence-electron chi connectivity index (χ1n) is 11.2. The third kappa shape index (κ3) is 4.33. The summed E-state index contributed by atoms with van der Waals surface area (Å²) in [6.07, 6.45) is 0.468. The van der Waals surface area contributed by atoms with Crippen molar-refractivity contribution in [3.63, 3.8) is 0 Å². The monoisotopic (exact) mass is 467 g/mol. The van der Waals surface area contributed by atoms with Gasteiger partial charge in [0, 0.05) is 40.9 Å². The molecule has 1 fully saturated rings. The number of ketones is 1. The molecule has 35 heavy (non-hydrogen) atoms. The summed E-state index contributed by atoms with van der Waals surface area (Å²) >= 11 is 0. The number of piperidine rings is 1. The maximum absolute atomic E-state index is 12.9. The molecule has 8 heteroatoms. The second kappa shape index (κ2) is 8.98. The van der Waals surface area contributed by atoms with Gasteiger partial charge in [-0.2, -0.15) is 0 Å². The topological polar surface area (TPSA) is 113 Å². The molecule has 3 aromatic rings. The van der Waals surface area contributed by atoms with Crippen LogP contribution in [0.1, 0.15) is 55.0 Å². The number of fused-ring (bicyclic) bond motifs is 1. The van der Waals surface area contributed by atoms with E-state index in [0.29, 0.717) is 33.5 Å². The van der Waals surface area contributed by atoms with Gasteiger partial charge < -0.3 is 10.2 Å². The van der Waals surface area contributed by atoms with Crippen LogP contribution in [0.5, 0.6) is 0 Å². The lowest BCUT2D eigenvalue weighted by molar-refractivity contribution is -0.136.